The Morgan fingerprint density at radius 3 is 2.71 bits per heavy atom. The van der Waals surface area contributed by atoms with Gasteiger partial charge >= 0.3 is 0 Å². The van der Waals surface area contributed by atoms with E-state index >= 15 is 0 Å². The zero-order valence-corrected chi connectivity index (χ0v) is 12.9. The Morgan fingerprint density at radius 2 is 2.00 bits per heavy atom. The number of rotatable bonds is 3. The highest BCUT2D eigenvalue weighted by atomic mass is 16.5. The van der Waals surface area contributed by atoms with Crippen molar-refractivity contribution in [1.29, 1.82) is 0 Å². The highest BCUT2D eigenvalue weighted by molar-refractivity contribution is 6.02. The van der Waals surface area contributed by atoms with E-state index in [0.717, 1.165) is 16.9 Å². The molecule has 1 aromatic carbocycles. The van der Waals surface area contributed by atoms with Crippen LogP contribution < -0.4 is 5.32 Å². The normalized spacial score (nSPS) is 10.9. The number of carbonyl (C=O) groups is 1. The molecule has 1 N–H and O–H groups in total. The Kier molecular flexibility index (Phi) is 3.35. The Morgan fingerprint density at radius 1 is 1.17 bits per heavy atom. The number of pyridine rings is 1. The summed E-state index contributed by atoms with van der Waals surface area (Å²) in [6, 6.07) is 15.0. The van der Waals surface area contributed by atoms with Crippen molar-refractivity contribution >= 4 is 17.2 Å². The first-order valence-corrected chi connectivity index (χ1v) is 7.48. The molecule has 3 aromatic heterocycles. The number of hydrogen-bond acceptors (Lipinski definition) is 4. The minimum atomic E-state index is -0.299. The summed E-state index contributed by atoms with van der Waals surface area (Å²) in [6.07, 6.45) is 3.93. The van der Waals surface area contributed by atoms with Crippen LogP contribution >= 0.6 is 0 Å². The Hall–Kier alpha value is -3.41. The zero-order valence-electron chi connectivity index (χ0n) is 12.9. The van der Waals surface area contributed by atoms with Gasteiger partial charge in [-0.1, -0.05) is 23.4 Å². The van der Waals surface area contributed by atoms with Crippen molar-refractivity contribution in [3.8, 4) is 11.3 Å². The molecule has 4 aromatic rings. The molecule has 0 aliphatic heterocycles. The summed E-state index contributed by atoms with van der Waals surface area (Å²) in [5, 5.41) is 6.49. The summed E-state index contributed by atoms with van der Waals surface area (Å²) in [7, 11) is 0. The highest BCUT2D eigenvalue weighted by Gasteiger charge is 2.11. The molecule has 4 rings (SSSR count). The second-order valence-corrected chi connectivity index (χ2v) is 5.45. The van der Waals surface area contributed by atoms with E-state index in [4.69, 9.17) is 4.52 Å². The van der Waals surface area contributed by atoms with Crippen molar-refractivity contribution in [1.82, 2.24) is 14.5 Å². The molecule has 3 heterocycles. The van der Waals surface area contributed by atoms with Crippen molar-refractivity contribution < 1.29 is 9.32 Å². The molecule has 0 aliphatic rings. The quantitative estimate of drug-likeness (QED) is 0.627. The number of imidazole rings is 1. The Bertz CT molecular complexity index is 982. The molecule has 1 amide bonds. The predicted molar refractivity (Wildman–Crippen MR) is 89.8 cm³/mol. The fraction of sp³-hybridized carbons (Fsp3) is 0.0556. The van der Waals surface area contributed by atoms with Crippen molar-refractivity contribution in [2.45, 2.75) is 6.92 Å². The van der Waals surface area contributed by atoms with Gasteiger partial charge in [-0.3, -0.25) is 4.79 Å². The molecule has 118 valence electrons. The predicted octanol–water partition coefficient (Wildman–Crippen LogP) is 3.55. The van der Waals surface area contributed by atoms with Gasteiger partial charge in [0.15, 0.2) is 5.69 Å². The summed E-state index contributed by atoms with van der Waals surface area (Å²) in [6.45, 7) is 1.74. The third-order valence-corrected chi connectivity index (χ3v) is 3.66. The van der Waals surface area contributed by atoms with Gasteiger partial charge in [-0.25, -0.2) is 4.98 Å². The first-order valence-electron chi connectivity index (χ1n) is 7.48. The summed E-state index contributed by atoms with van der Waals surface area (Å²) < 4.78 is 6.88. The summed E-state index contributed by atoms with van der Waals surface area (Å²) in [5.41, 5.74) is 3.71. The molecule has 0 saturated heterocycles. The second kappa shape index (κ2) is 5.66. The largest absolute Gasteiger partial charge is 0.361 e. The molecule has 6 heteroatoms. The molecular formula is C18H14N4O2. The van der Waals surface area contributed by atoms with E-state index in [1.165, 1.54) is 0 Å². The van der Waals surface area contributed by atoms with E-state index in [-0.39, 0.29) is 11.6 Å². The molecule has 24 heavy (non-hydrogen) atoms. The van der Waals surface area contributed by atoms with Crippen molar-refractivity contribution in [3.63, 3.8) is 0 Å². The lowest BCUT2D eigenvalue weighted by Crippen LogP contribution is -2.11. The number of nitrogens with zero attached hydrogens (tertiary/aromatic N) is 3. The van der Waals surface area contributed by atoms with Crippen LogP contribution in [-0.4, -0.2) is 20.4 Å². The standard InChI is InChI=1S/C18H14N4O2/c1-12-10-15(21-24-12)18(23)19-14-7-5-13(6-8-14)16-11-22-9-3-2-4-17(22)20-16/h2-11H,1H3,(H,19,23). The maximum Gasteiger partial charge on any atom is 0.277 e. The number of fused-ring (bicyclic) bond motifs is 1. The topological polar surface area (TPSA) is 72.4 Å². The monoisotopic (exact) mass is 318 g/mol. The van der Waals surface area contributed by atoms with E-state index in [0.29, 0.717) is 11.4 Å². The van der Waals surface area contributed by atoms with Gasteiger partial charge in [0.1, 0.15) is 11.4 Å². The van der Waals surface area contributed by atoms with Crippen molar-refractivity contribution in [3.05, 3.63) is 72.4 Å². The van der Waals surface area contributed by atoms with E-state index in [2.05, 4.69) is 15.5 Å². The number of anilines is 1. The molecular weight excluding hydrogens is 304 g/mol. The lowest BCUT2D eigenvalue weighted by Gasteiger charge is -2.03. The van der Waals surface area contributed by atoms with Gasteiger partial charge in [0.2, 0.25) is 0 Å². The molecule has 0 spiro atoms. The number of aryl methyl sites for hydroxylation is 1. The lowest BCUT2D eigenvalue weighted by molar-refractivity contribution is 0.101. The molecule has 0 atom stereocenters. The van der Waals surface area contributed by atoms with Crippen LogP contribution in [0, 0.1) is 6.92 Å². The number of carbonyl (C=O) groups excluding carboxylic acids is 1. The third-order valence-electron chi connectivity index (χ3n) is 3.66. The average Bonchev–Trinajstić information content (AvgIpc) is 3.21. The van der Waals surface area contributed by atoms with Crippen LogP contribution in [0.1, 0.15) is 16.2 Å². The van der Waals surface area contributed by atoms with E-state index in [1.54, 1.807) is 13.0 Å². The lowest BCUT2D eigenvalue weighted by atomic mass is 10.1. The maximum absolute atomic E-state index is 12.1. The number of aromatic nitrogens is 3. The zero-order chi connectivity index (χ0) is 16.5. The first-order chi connectivity index (χ1) is 11.7. The number of nitrogens with one attached hydrogen (secondary N) is 1. The van der Waals surface area contributed by atoms with Crippen molar-refractivity contribution in [2.24, 2.45) is 0 Å². The molecule has 0 fully saturated rings. The highest BCUT2D eigenvalue weighted by Crippen LogP contribution is 2.21. The first kappa shape index (κ1) is 14.2. The molecule has 0 saturated carbocycles. The van der Waals surface area contributed by atoms with Crippen LogP contribution in [0.25, 0.3) is 16.9 Å². The number of hydrogen-bond donors (Lipinski definition) is 1. The molecule has 6 nitrogen and oxygen atoms in total. The number of benzene rings is 1. The molecule has 0 unspecified atom stereocenters. The van der Waals surface area contributed by atoms with Crippen LogP contribution in [0.4, 0.5) is 5.69 Å². The second-order valence-electron chi connectivity index (χ2n) is 5.45. The number of amides is 1. The Balaban J connectivity index is 1.55. The van der Waals surface area contributed by atoms with Gasteiger partial charge in [-0.2, -0.15) is 0 Å². The smallest absolute Gasteiger partial charge is 0.277 e. The van der Waals surface area contributed by atoms with Gasteiger partial charge in [0.25, 0.3) is 5.91 Å². The summed E-state index contributed by atoms with van der Waals surface area (Å²) >= 11 is 0. The van der Waals surface area contributed by atoms with Crippen molar-refractivity contribution in [2.75, 3.05) is 5.32 Å². The third kappa shape index (κ3) is 2.65. The van der Waals surface area contributed by atoms with Gasteiger partial charge in [0, 0.05) is 29.7 Å². The molecule has 0 radical (unpaired) electrons. The van der Waals surface area contributed by atoms with E-state index < -0.39 is 0 Å². The van der Waals surface area contributed by atoms with Gasteiger partial charge in [-0.05, 0) is 31.2 Å². The average molecular weight is 318 g/mol. The van der Waals surface area contributed by atoms with Crippen LogP contribution in [0.3, 0.4) is 0 Å². The van der Waals surface area contributed by atoms with Gasteiger partial charge in [-0.15, -0.1) is 0 Å². The van der Waals surface area contributed by atoms with Gasteiger partial charge < -0.3 is 14.2 Å². The Labute approximate surface area is 137 Å². The fourth-order valence-corrected chi connectivity index (χ4v) is 2.47. The SMILES string of the molecule is Cc1cc(C(=O)Nc2ccc(-c3cn4ccccc4n3)cc2)no1. The van der Waals surface area contributed by atoms with Gasteiger partial charge in [0.05, 0.1) is 5.69 Å². The van der Waals surface area contributed by atoms with Crippen LogP contribution in [0.15, 0.2) is 65.4 Å². The fourth-order valence-electron chi connectivity index (χ4n) is 2.47. The van der Waals surface area contributed by atoms with E-state index in [1.807, 2.05) is 59.3 Å². The molecule has 0 aliphatic carbocycles. The molecule has 0 bridgehead atoms. The summed E-state index contributed by atoms with van der Waals surface area (Å²) in [4.78, 5) is 16.6. The van der Waals surface area contributed by atoms with Crippen LogP contribution in [0.5, 0.6) is 0 Å². The minimum Gasteiger partial charge on any atom is -0.361 e. The maximum atomic E-state index is 12.1. The van der Waals surface area contributed by atoms with Crippen LogP contribution in [-0.2, 0) is 0 Å². The van der Waals surface area contributed by atoms with E-state index in [9.17, 15) is 4.79 Å². The summed E-state index contributed by atoms with van der Waals surface area (Å²) in [5.74, 6) is 0.301. The minimum absolute atomic E-state index is 0.261. The van der Waals surface area contributed by atoms with Crippen LogP contribution in [0.2, 0.25) is 0 Å².